The van der Waals surface area contributed by atoms with E-state index < -0.39 is 0 Å². The van der Waals surface area contributed by atoms with Crippen LogP contribution in [0.25, 0.3) is 0 Å². The summed E-state index contributed by atoms with van der Waals surface area (Å²) < 4.78 is 0.903. The average Bonchev–Trinajstić information content (AvgIpc) is 2.28. The van der Waals surface area contributed by atoms with Gasteiger partial charge in [0.05, 0.1) is 0 Å². The third-order valence-electron chi connectivity index (χ3n) is 2.21. The summed E-state index contributed by atoms with van der Waals surface area (Å²) in [6, 6.07) is 7.31. The minimum atomic E-state index is -0.0506. The van der Waals surface area contributed by atoms with E-state index >= 15 is 0 Å². The average molecular weight is 286 g/mol. The summed E-state index contributed by atoms with van der Waals surface area (Å²) >= 11 is 3.33. The summed E-state index contributed by atoms with van der Waals surface area (Å²) in [6.45, 7) is 0.880. The van der Waals surface area contributed by atoms with Gasteiger partial charge in [-0.05, 0) is 37.5 Å². The zero-order valence-corrected chi connectivity index (χ0v) is 10.7. The lowest BCUT2D eigenvalue weighted by atomic mass is 10.2. The third-order valence-corrected chi connectivity index (χ3v) is 2.70. The summed E-state index contributed by atoms with van der Waals surface area (Å²) in [6.07, 6.45) is 2.64. The van der Waals surface area contributed by atoms with Crippen LogP contribution in [0, 0.1) is 0 Å². The van der Waals surface area contributed by atoms with Crippen molar-refractivity contribution in [3.63, 3.8) is 0 Å². The van der Waals surface area contributed by atoms with Gasteiger partial charge in [0.2, 0.25) is 0 Å². The molecule has 0 spiro atoms. The molecule has 2 N–H and O–H groups in total. The van der Waals surface area contributed by atoms with Gasteiger partial charge in [-0.25, -0.2) is 0 Å². The van der Waals surface area contributed by atoms with E-state index in [1.165, 1.54) is 0 Å². The van der Waals surface area contributed by atoms with Crippen molar-refractivity contribution >= 4 is 21.8 Å². The Morgan fingerprint density at radius 3 is 2.81 bits per heavy atom. The molecule has 16 heavy (non-hydrogen) atoms. The molecule has 1 amide bonds. The first kappa shape index (κ1) is 13.2. The highest BCUT2D eigenvalue weighted by atomic mass is 79.9. The smallest absolute Gasteiger partial charge is 0.251 e. The van der Waals surface area contributed by atoms with Gasteiger partial charge >= 0.3 is 0 Å². The molecule has 4 heteroatoms. The monoisotopic (exact) mass is 285 g/mol. The van der Waals surface area contributed by atoms with E-state index in [-0.39, 0.29) is 12.5 Å². The second-order valence-corrected chi connectivity index (χ2v) is 4.47. The maximum atomic E-state index is 11.6. The molecule has 0 atom stereocenters. The van der Waals surface area contributed by atoms with Gasteiger partial charge < -0.3 is 10.4 Å². The van der Waals surface area contributed by atoms with E-state index in [1.54, 1.807) is 12.1 Å². The molecular weight excluding hydrogens is 270 g/mol. The predicted molar refractivity (Wildman–Crippen MR) is 67.4 cm³/mol. The van der Waals surface area contributed by atoms with Crippen molar-refractivity contribution in [1.29, 1.82) is 0 Å². The fourth-order valence-corrected chi connectivity index (χ4v) is 1.75. The number of carbonyl (C=O) groups is 1. The molecule has 0 fully saturated rings. The molecule has 0 aromatic heterocycles. The molecule has 0 aliphatic rings. The minimum Gasteiger partial charge on any atom is -0.396 e. The zero-order valence-electron chi connectivity index (χ0n) is 9.08. The van der Waals surface area contributed by atoms with Crippen LogP contribution in [-0.4, -0.2) is 24.2 Å². The van der Waals surface area contributed by atoms with Gasteiger partial charge in [-0.1, -0.05) is 22.0 Å². The number of aliphatic hydroxyl groups excluding tert-OH is 1. The molecule has 1 aromatic rings. The minimum absolute atomic E-state index is 0.0506. The molecular formula is C12H16BrNO2. The van der Waals surface area contributed by atoms with Crippen LogP contribution in [0.1, 0.15) is 29.6 Å². The summed E-state index contributed by atoms with van der Waals surface area (Å²) in [5.41, 5.74) is 0.663. The number of hydrogen-bond acceptors (Lipinski definition) is 2. The number of benzene rings is 1. The van der Waals surface area contributed by atoms with Gasteiger partial charge in [0.1, 0.15) is 0 Å². The molecule has 0 unspecified atom stereocenters. The highest BCUT2D eigenvalue weighted by molar-refractivity contribution is 9.10. The summed E-state index contributed by atoms with van der Waals surface area (Å²) in [4.78, 5) is 11.6. The second-order valence-electron chi connectivity index (χ2n) is 3.55. The number of amides is 1. The van der Waals surface area contributed by atoms with Crippen LogP contribution in [-0.2, 0) is 0 Å². The standard InChI is InChI=1S/C12H16BrNO2/c13-11-6-4-5-10(9-11)12(16)14-7-2-1-3-8-15/h4-6,9,15H,1-3,7-8H2,(H,14,16). The number of rotatable bonds is 6. The van der Waals surface area contributed by atoms with E-state index in [0.717, 1.165) is 23.7 Å². The highest BCUT2D eigenvalue weighted by Crippen LogP contribution is 2.11. The van der Waals surface area contributed by atoms with Crippen molar-refractivity contribution in [1.82, 2.24) is 5.32 Å². The summed E-state index contributed by atoms with van der Waals surface area (Å²) in [5.74, 6) is -0.0506. The Balaban J connectivity index is 2.30. The van der Waals surface area contributed by atoms with Gasteiger partial charge in [0, 0.05) is 23.2 Å². The topological polar surface area (TPSA) is 49.3 Å². The maximum absolute atomic E-state index is 11.6. The molecule has 88 valence electrons. The number of nitrogens with one attached hydrogen (secondary N) is 1. The first-order valence-corrected chi connectivity index (χ1v) is 6.18. The van der Waals surface area contributed by atoms with Crippen molar-refractivity contribution in [2.75, 3.05) is 13.2 Å². The van der Waals surface area contributed by atoms with E-state index in [1.807, 2.05) is 12.1 Å². The van der Waals surface area contributed by atoms with E-state index in [0.29, 0.717) is 12.1 Å². The maximum Gasteiger partial charge on any atom is 0.251 e. The lowest BCUT2D eigenvalue weighted by Gasteiger charge is -2.05. The SMILES string of the molecule is O=C(NCCCCCO)c1cccc(Br)c1. The van der Waals surface area contributed by atoms with E-state index in [9.17, 15) is 4.79 Å². The van der Waals surface area contributed by atoms with Crippen LogP contribution in [0.3, 0.4) is 0 Å². The van der Waals surface area contributed by atoms with Crippen LogP contribution in [0.4, 0.5) is 0 Å². The fourth-order valence-electron chi connectivity index (χ4n) is 1.35. The van der Waals surface area contributed by atoms with Crippen molar-refractivity contribution in [3.8, 4) is 0 Å². The Morgan fingerprint density at radius 1 is 1.31 bits per heavy atom. The van der Waals surface area contributed by atoms with E-state index in [2.05, 4.69) is 21.2 Å². The number of carbonyl (C=O) groups excluding carboxylic acids is 1. The Kier molecular flexibility index (Phi) is 6.11. The van der Waals surface area contributed by atoms with Crippen LogP contribution < -0.4 is 5.32 Å². The van der Waals surface area contributed by atoms with Crippen LogP contribution in [0.5, 0.6) is 0 Å². The molecule has 1 rings (SSSR count). The lowest BCUT2D eigenvalue weighted by molar-refractivity contribution is 0.0953. The molecule has 1 aromatic carbocycles. The molecule has 0 heterocycles. The van der Waals surface area contributed by atoms with Gasteiger partial charge in [0.25, 0.3) is 5.91 Å². The largest absolute Gasteiger partial charge is 0.396 e. The molecule has 0 aliphatic carbocycles. The molecule has 0 saturated heterocycles. The molecule has 0 saturated carbocycles. The normalized spacial score (nSPS) is 10.1. The third kappa shape index (κ3) is 4.77. The van der Waals surface area contributed by atoms with E-state index in [4.69, 9.17) is 5.11 Å². The predicted octanol–water partition coefficient (Wildman–Crippen LogP) is 2.34. The van der Waals surface area contributed by atoms with Gasteiger partial charge in [0.15, 0.2) is 0 Å². The van der Waals surface area contributed by atoms with Crippen LogP contribution in [0.15, 0.2) is 28.7 Å². The van der Waals surface area contributed by atoms with Crippen molar-refractivity contribution in [3.05, 3.63) is 34.3 Å². The fraction of sp³-hybridized carbons (Fsp3) is 0.417. The molecule has 0 bridgehead atoms. The zero-order chi connectivity index (χ0) is 11.8. The molecule has 0 aliphatic heterocycles. The van der Waals surface area contributed by atoms with Crippen LogP contribution in [0.2, 0.25) is 0 Å². The Bertz CT molecular complexity index is 342. The van der Waals surface area contributed by atoms with Gasteiger partial charge in [-0.15, -0.1) is 0 Å². The highest BCUT2D eigenvalue weighted by Gasteiger charge is 2.04. The van der Waals surface area contributed by atoms with Crippen molar-refractivity contribution in [2.45, 2.75) is 19.3 Å². The first-order chi connectivity index (χ1) is 7.74. The summed E-state index contributed by atoms with van der Waals surface area (Å²) in [7, 11) is 0. The van der Waals surface area contributed by atoms with Crippen LogP contribution >= 0.6 is 15.9 Å². The van der Waals surface area contributed by atoms with Gasteiger partial charge in [-0.3, -0.25) is 4.79 Å². The van der Waals surface area contributed by atoms with Crippen molar-refractivity contribution < 1.29 is 9.90 Å². The molecule has 0 radical (unpaired) electrons. The summed E-state index contributed by atoms with van der Waals surface area (Å²) in [5, 5.41) is 11.4. The Hall–Kier alpha value is -0.870. The van der Waals surface area contributed by atoms with Gasteiger partial charge in [-0.2, -0.15) is 0 Å². The number of hydrogen-bond donors (Lipinski definition) is 2. The lowest BCUT2D eigenvalue weighted by Crippen LogP contribution is -2.24. The number of halogens is 1. The quantitative estimate of drug-likeness (QED) is 0.789. The number of unbranched alkanes of at least 4 members (excludes halogenated alkanes) is 2. The van der Waals surface area contributed by atoms with Crippen molar-refractivity contribution in [2.24, 2.45) is 0 Å². The first-order valence-electron chi connectivity index (χ1n) is 5.38. The number of aliphatic hydroxyl groups is 1. The molecule has 3 nitrogen and oxygen atoms in total. The Morgan fingerprint density at radius 2 is 2.12 bits per heavy atom. The second kappa shape index (κ2) is 7.41. The Labute approximate surface area is 104 Å².